The van der Waals surface area contributed by atoms with Crippen LogP contribution in [-0.4, -0.2) is 66.4 Å². The predicted octanol–water partition coefficient (Wildman–Crippen LogP) is 7.29. The summed E-state index contributed by atoms with van der Waals surface area (Å²) in [7, 11) is 1.74. The summed E-state index contributed by atoms with van der Waals surface area (Å²) < 4.78 is 13.0. The Morgan fingerprint density at radius 2 is 1.83 bits per heavy atom. The van der Waals surface area contributed by atoms with Crippen molar-refractivity contribution in [1.29, 1.82) is 0 Å². The summed E-state index contributed by atoms with van der Waals surface area (Å²) in [6.45, 7) is 3.90. The van der Waals surface area contributed by atoms with Crippen molar-refractivity contribution in [1.82, 2.24) is 9.80 Å². The van der Waals surface area contributed by atoms with Crippen LogP contribution in [0.5, 0.6) is 11.5 Å². The van der Waals surface area contributed by atoms with Crippen LogP contribution in [0, 0.1) is 11.8 Å². The van der Waals surface area contributed by atoms with Gasteiger partial charge >= 0.3 is 0 Å². The molecule has 5 atom stereocenters. The minimum absolute atomic E-state index is 0.0425. The van der Waals surface area contributed by atoms with Crippen LogP contribution in [0.25, 0.3) is 0 Å². The van der Waals surface area contributed by atoms with Gasteiger partial charge in [0.15, 0.2) is 11.5 Å². The number of hydrogen-bond donors (Lipinski definition) is 0. The lowest BCUT2D eigenvalue weighted by molar-refractivity contribution is -0.143. The van der Waals surface area contributed by atoms with E-state index in [4.69, 9.17) is 9.47 Å². The van der Waals surface area contributed by atoms with Crippen LogP contribution in [0.4, 0.5) is 0 Å². The number of benzene rings is 2. The van der Waals surface area contributed by atoms with Crippen LogP contribution in [0.1, 0.15) is 107 Å². The second-order valence-corrected chi connectivity index (χ2v) is 15.1. The first-order valence-corrected chi connectivity index (χ1v) is 18.4. The summed E-state index contributed by atoms with van der Waals surface area (Å²) in [5.41, 5.74) is 3.89. The van der Waals surface area contributed by atoms with Gasteiger partial charge in [0.2, 0.25) is 5.91 Å². The molecule has 46 heavy (non-hydrogen) atoms. The van der Waals surface area contributed by atoms with Crippen molar-refractivity contribution in [2.24, 2.45) is 11.8 Å². The van der Waals surface area contributed by atoms with E-state index >= 15 is 0 Å². The molecular formula is C40H54N2O4. The third-order valence-electron chi connectivity index (χ3n) is 12.4. The minimum Gasteiger partial charge on any atom is -0.493 e. The number of ether oxygens (including phenoxy) is 2. The third kappa shape index (κ3) is 5.88. The molecule has 6 heteroatoms. The molecule has 0 N–H and O–H groups in total. The maximum atomic E-state index is 14.3. The quantitative estimate of drug-likeness (QED) is 0.219. The molecule has 3 fully saturated rings. The fourth-order valence-electron chi connectivity index (χ4n) is 10.5. The number of nitrogens with zero attached hydrogens (tertiary/aromatic N) is 2. The van der Waals surface area contributed by atoms with Gasteiger partial charge < -0.3 is 14.4 Å². The molecule has 248 valence electrons. The number of Topliss-reactive ketones (excluding diaryl/α,β-unsaturated/α-hetero) is 1. The summed E-state index contributed by atoms with van der Waals surface area (Å²) in [6, 6.07) is 15.4. The minimum atomic E-state index is -0.142. The van der Waals surface area contributed by atoms with Crippen LogP contribution < -0.4 is 9.47 Å². The molecular weight excluding hydrogens is 572 g/mol. The van der Waals surface area contributed by atoms with Gasteiger partial charge in [-0.25, -0.2) is 0 Å². The maximum Gasteiger partial charge on any atom is 0.222 e. The maximum absolute atomic E-state index is 14.3. The van der Waals surface area contributed by atoms with Gasteiger partial charge in [-0.3, -0.25) is 14.5 Å². The van der Waals surface area contributed by atoms with Crippen LogP contribution in [0.3, 0.4) is 0 Å². The molecule has 1 spiro atoms. The van der Waals surface area contributed by atoms with Crippen LogP contribution in [0.15, 0.2) is 42.5 Å². The van der Waals surface area contributed by atoms with Crippen molar-refractivity contribution in [3.8, 4) is 11.5 Å². The Morgan fingerprint density at radius 3 is 2.61 bits per heavy atom. The van der Waals surface area contributed by atoms with Gasteiger partial charge in [-0.15, -0.1) is 0 Å². The molecule has 0 unspecified atom stereocenters. The lowest BCUT2D eigenvalue weighted by Crippen LogP contribution is -2.69. The number of piperidine rings is 1. The molecule has 6 nitrogen and oxygen atoms in total. The molecule has 1 amide bonds. The first-order chi connectivity index (χ1) is 22.5. The topological polar surface area (TPSA) is 59.1 Å². The zero-order chi connectivity index (χ0) is 31.7. The Balaban J connectivity index is 1.15. The van der Waals surface area contributed by atoms with Crippen molar-refractivity contribution >= 4 is 11.7 Å². The second-order valence-electron chi connectivity index (χ2n) is 15.1. The van der Waals surface area contributed by atoms with Crippen LogP contribution in [-0.2, 0) is 27.8 Å². The Hall–Kier alpha value is -2.86. The average Bonchev–Trinajstić information content (AvgIpc) is 3.42. The van der Waals surface area contributed by atoms with Gasteiger partial charge in [0, 0.05) is 30.0 Å². The summed E-state index contributed by atoms with van der Waals surface area (Å²) in [6.07, 6.45) is 16.7. The zero-order valence-corrected chi connectivity index (χ0v) is 28.2. The smallest absolute Gasteiger partial charge is 0.222 e. The zero-order valence-electron chi connectivity index (χ0n) is 28.2. The molecule has 2 heterocycles. The molecule has 3 aliphatic carbocycles. The van der Waals surface area contributed by atoms with E-state index in [1.165, 1.54) is 55.2 Å². The first kappa shape index (κ1) is 31.7. The van der Waals surface area contributed by atoms with Crippen molar-refractivity contribution in [3.05, 3.63) is 59.2 Å². The monoisotopic (exact) mass is 626 g/mol. The highest BCUT2D eigenvalue weighted by atomic mass is 16.5. The molecule has 0 radical (unpaired) electrons. The number of carbonyl (C=O) groups excluding carboxylic acids is 2. The highest BCUT2D eigenvalue weighted by Crippen LogP contribution is 2.64. The number of ketones is 1. The number of carbonyl (C=O) groups is 2. The highest BCUT2D eigenvalue weighted by molar-refractivity contribution is 5.78. The van der Waals surface area contributed by atoms with Gasteiger partial charge in [0.1, 0.15) is 11.9 Å². The highest BCUT2D eigenvalue weighted by Gasteiger charge is 2.66. The molecule has 0 aromatic heterocycles. The van der Waals surface area contributed by atoms with Crippen molar-refractivity contribution in [3.63, 3.8) is 0 Å². The van der Waals surface area contributed by atoms with Gasteiger partial charge in [0.25, 0.3) is 0 Å². The number of rotatable bonds is 13. The number of amides is 1. The number of hydrogen-bond acceptors (Lipinski definition) is 5. The van der Waals surface area contributed by atoms with Gasteiger partial charge in [0.05, 0.1) is 19.7 Å². The van der Waals surface area contributed by atoms with E-state index in [0.717, 1.165) is 81.9 Å². The number of methoxy groups -OCH3 is 1. The van der Waals surface area contributed by atoms with Crippen LogP contribution in [0.2, 0.25) is 0 Å². The summed E-state index contributed by atoms with van der Waals surface area (Å²) in [5.74, 6) is 3.56. The van der Waals surface area contributed by atoms with E-state index in [9.17, 15) is 9.59 Å². The van der Waals surface area contributed by atoms with E-state index in [-0.39, 0.29) is 23.3 Å². The van der Waals surface area contributed by atoms with E-state index in [0.29, 0.717) is 30.8 Å². The summed E-state index contributed by atoms with van der Waals surface area (Å²) in [4.78, 5) is 31.4. The molecule has 2 aromatic rings. The Labute approximate surface area is 276 Å². The van der Waals surface area contributed by atoms with E-state index in [1.54, 1.807) is 14.0 Å². The fraction of sp³-hybridized carbons (Fsp3) is 0.650. The molecule has 2 aromatic carbocycles. The van der Waals surface area contributed by atoms with E-state index in [1.807, 2.05) is 0 Å². The van der Waals surface area contributed by atoms with Crippen molar-refractivity contribution in [2.75, 3.05) is 26.7 Å². The average molecular weight is 627 g/mol. The summed E-state index contributed by atoms with van der Waals surface area (Å²) >= 11 is 0. The lowest BCUT2D eigenvalue weighted by atomic mass is 9.51. The largest absolute Gasteiger partial charge is 0.493 e. The van der Waals surface area contributed by atoms with Crippen molar-refractivity contribution in [2.45, 2.75) is 127 Å². The number of aryl methyl sites for hydroxylation is 1. The SMILES string of the molecule is COc1ccc2c3c1O[C@H]1[C@H](N(CCCc4ccccc4)C(=O)CCCCC4CCCCC4)CC[C@H]4[C@@H](C2)N(CC(C)=O)CC[C@@]341. The first-order valence-electron chi connectivity index (χ1n) is 18.4. The third-order valence-corrected chi connectivity index (χ3v) is 12.4. The molecule has 7 rings (SSSR count). The lowest BCUT2D eigenvalue weighted by Gasteiger charge is -2.60. The number of likely N-dealkylation sites (tertiary alicyclic amines) is 1. The van der Waals surface area contributed by atoms with E-state index in [2.05, 4.69) is 52.3 Å². The Kier molecular flexibility index (Phi) is 9.45. The normalized spacial score (nSPS) is 28.3. The van der Waals surface area contributed by atoms with Crippen molar-refractivity contribution < 1.29 is 19.1 Å². The molecule has 2 saturated carbocycles. The standard InChI is InChI=1S/C40H54N2O4/c1-28(43)27-41-25-23-40-32-20-21-33(39(40)46-38-35(45-2)22-19-31(37(38)40)26-34(32)41)42(24-11-17-30-14-7-4-8-15-30)36(44)18-10-9-16-29-12-5-3-6-13-29/h4,7-8,14-15,19,22,29,32-34,39H,3,5-6,9-13,16-18,20-21,23-27H2,1-2H3/t32-,33+,34+,39-,40-/m0/s1. The number of unbranched alkanes of at least 4 members (excludes halogenated alkanes) is 1. The second kappa shape index (κ2) is 13.7. The predicted molar refractivity (Wildman–Crippen MR) is 181 cm³/mol. The molecule has 5 aliphatic rings. The van der Waals surface area contributed by atoms with Gasteiger partial charge in [-0.2, -0.15) is 0 Å². The molecule has 1 saturated heterocycles. The van der Waals surface area contributed by atoms with Crippen LogP contribution >= 0.6 is 0 Å². The molecule has 2 bridgehead atoms. The Bertz CT molecular complexity index is 1390. The molecule has 2 aliphatic heterocycles. The Morgan fingerprint density at radius 1 is 1.00 bits per heavy atom. The van der Waals surface area contributed by atoms with Gasteiger partial charge in [-0.1, -0.05) is 81.3 Å². The summed E-state index contributed by atoms with van der Waals surface area (Å²) in [5, 5.41) is 0. The van der Waals surface area contributed by atoms with E-state index < -0.39 is 0 Å². The fourth-order valence-corrected chi connectivity index (χ4v) is 10.5. The van der Waals surface area contributed by atoms with Gasteiger partial charge in [-0.05, 0) is 87.4 Å².